The van der Waals surface area contributed by atoms with Crippen molar-refractivity contribution in [3.8, 4) is 0 Å². The lowest BCUT2D eigenvalue weighted by Gasteiger charge is -2.31. The molecule has 5 heteroatoms. The van der Waals surface area contributed by atoms with Crippen LogP contribution in [0.3, 0.4) is 0 Å². The largest absolute Gasteiger partial charge is 0.358 e. The normalized spacial score (nSPS) is 18.2. The molecular formula is C17H26N3O2+. The number of likely N-dealkylation sites (N-methyl/N-ethyl adjacent to an activating group) is 3. The second-order valence-electron chi connectivity index (χ2n) is 6.09. The summed E-state index contributed by atoms with van der Waals surface area (Å²) < 4.78 is 0. The van der Waals surface area contributed by atoms with Crippen molar-refractivity contribution in [2.75, 3.05) is 34.2 Å². The smallest absolute Gasteiger partial charge is 0.277 e. The van der Waals surface area contributed by atoms with E-state index in [2.05, 4.69) is 36.6 Å². The summed E-state index contributed by atoms with van der Waals surface area (Å²) >= 11 is 0. The molecule has 0 fully saturated rings. The molecule has 120 valence electrons. The zero-order valence-electron chi connectivity index (χ0n) is 13.7. The van der Waals surface area contributed by atoms with E-state index in [4.69, 9.17) is 0 Å². The summed E-state index contributed by atoms with van der Waals surface area (Å²) in [5, 5.41) is 2.54. The van der Waals surface area contributed by atoms with Crippen LogP contribution in [0, 0.1) is 0 Å². The van der Waals surface area contributed by atoms with Crippen molar-refractivity contribution in [2.24, 2.45) is 0 Å². The number of rotatable bonds is 5. The maximum atomic E-state index is 12.3. The molecule has 2 rings (SSSR count). The highest BCUT2D eigenvalue weighted by molar-refractivity contribution is 5.84. The van der Waals surface area contributed by atoms with Crippen LogP contribution < -0.4 is 10.2 Å². The Morgan fingerprint density at radius 1 is 1.36 bits per heavy atom. The van der Waals surface area contributed by atoms with E-state index < -0.39 is 0 Å². The number of carbonyl (C=O) groups excluding carboxylic acids is 2. The molecule has 0 heterocycles. The monoisotopic (exact) mass is 304 g/mol. The van der Waals surface area contributed by atoms with Gasteiger partial charge in [-0.3, -0.25) is 9.59 Å². The lowest BCUT2D eigenvalue weighted by Crippen LogP contribution is -3.10. The minimum absolute atomic E-state index is 0.00385. The van der Waals surface area contributed by atoms with Gasteiger partial charge in [0, 0.05) is 26.1 Å². The first-order valence-corrected chi connectivity index (χ1v) is 7.87. The van der Waals surface area contributed by atoms with Gasteiger partial charge in [-0.1, -0.05) is 24.3 Å². The summed E-state index contributed by atoms with van der Waals surface area (Å²) in [6.07, 6.45) is 3.40. The molecule has 2 atom stereocenters. The summed E-state index contributed by atoms with van der Waals surface area (Å²) in [5.41, 5.74) is 2.78. The minimum Gasteiger partial charge on any atom is -0.358 e. The van der Waals surface area contributed by atoms with Gasteiger partial charge < -0.3 is 15.1 Å². The van der Waals surface area contributed by atoms with Gasteiger partial charge in [-0.2, -0.15) is 0 Å². The van der Waals surface area contributed by atoms with Crippen molar-refractivity contribution >= 4 is 11.8 Å². The molecule has 0 radical (unpaired) electrons. The van der Waals surface area contributed by atoms with E-state index in [0.29, 0.717) is 12.6 Å². The van der Waals surface area contributed by atoms with Crippen LogP contribution in [0.4, 0.5) is 0 Å². The first-order valence-electron chi connectivity index (χ1n) is 7.87. The number of hydrogen-bond donors (Lipinski definition) is 2. The molecule has 0 saturated carbocycles. The first kappa shape index (κ1) is 16.5. The number of hydrogen-bond acceptors (Lipinski definition) is 2. The van der Waals surface area contributed by atoms with E-state index >= 15 is 0 Å². The van der Waals surface area contributed by atoms with Gasteiger partial charge in [-0.25, -0.2) is 0 Å². The highest BCUT2D eigenvalue weighted by Gasteiger charge is 2.28. The fourth-order valence-electron chi connectivity index (χ4n) is 3.15. The molecule has 1 unspecified atom stereocenters. The maximum absolute atomic E-state index is 12.3. The van der Waals surface area contributed by atoms with Crippen LogP contribution in [0.5, 0.6) is 0 Å². The number of benzene rings is 1. The summed E-state index contributed by atoms with van der Waals surface area (Å²) in [6.45, 7) is 0.524. The van der Waals surface area contributed by atoms with Gasteiger partial charge in [0.2, 0.25) is 5.91 Å². The lowest BCUT2D eigenvalue weighted by molar-refractivity contribution is -0.905. The van der Waals surface area contributed by atoms with Crippen LogP contribution in [0.1, 0.15) is 30.0 Å². The second kappa shape index (κ2) is 7.40. The molecule has 2 amide bonds. The molecule has 0 aromatic heterocycles. The van der Waals surface area contributed by atoms with E-state index in [9.17, 15) is 9.59 Å². The summed E-state index contributed by atoms with van der Waals surface area (Å²) in [5.74, 6) is -0.138. The molecule has 1 aliphatic rings. The average Bonchev–Trinajstić information content (AvgIpc) is 2.53. The Labute approximate surface area is 132 Å². The molecular weight excluding hydrogens is 278 g/mol. The summed E-state index contributed by atoms with van der Waals surface area (Å²) in [7, 11) is 5.33. The van der Waals surface area contributed by atoms with Gasteiger partial charge in [-0.15, -0.1) is 0 Å². The molecule has 5 nitrogen and oxygen atoms in total. The molecule has 1 aromatic carbocycles. The molecule has 0 bridgehead atoms. The zero-order chi connectivity index (χ0) is 16.1. The van der Waals surface area contributed by atoms with Crippen LogP contribution in [0.15, 0.2) is 24.3 Å². The third-order valence-electron chi connectivity index (χ3n) is 4.48. The second-order valence-corrected chi connectivity index (χ2v) is 6.09. The van der Waals surface area contributed by atoms with E-state index in [0.717, 1.165) is 12.8 Å². The average molecular weight is 304 g/mol. The van der Waals surface area contributed by atoms with Gasteiger partial charge >= 0.3 is 0 Å². The third-order valence-corrected chi connectivity index (χ3v) is 4.48. The lowest BCUT2D eigenvalue weighted by atomic mass is 9.87. The van der Waals surface area contributed by atoms with Crippen molar-refractivity contribution < 1.29 is 14.5 Å². The van der Waals surface area contributed by atoms with Gasteiger partial charge in [0.25, 0.3) is 5.91 Å². The fraction of sp³-hybridized carbons (Fsp3) is 0.529. The highest BCUT2D eigenvalue weighted by Crippen LogP contribution is 2.27. The van der Waals surface area contributed by atoms with E-state index in [1.807, 2.05) is 0 Å². The first-order chi connectivity index (χ1) is 10.5. The van der Waals surface area contributed by atoms with Crippen LogP contribution in [0.25, 0.3) is 0 Å². The van der Waals surface area contributed by atoms with Crippen molar-refractivity contribution in [3.63, 3.8) is 0 Å². The maximum Gasteiger partial charge on any atom is 0.277 e. The van der Waals surface area contributed by atoms with Gasteiger partial charge in [0.05, 0.1) is 13.6 Å². The van der Waals surface area contributed by atoms with Crippen LogP contribution >= 0.6 is 0 Å². The molecule has 1 aromatic rings. The number of nitrogens with one attached hydrogen (secondary N) is 2. The van der Waals surface area contributed by atoms with Gasteiger partial charge in [0.1, 0.15) is 6.04 Å². The van der Waals surface area contributed by atoms with Crippen molar-refractivity contribution in [3.05, 3.63) is 35.4 Å². The quantitative estimate of drug-likeness (QED) is 0.790. The van der Waals surface area contributed by atoms with E-state index in [1.165, 1.54) is 27.3 Å². The summed E-state index contributed by atoms with van der Waals surface area (Å²) in [6, 6.07) is 8.89. The number of quaternary nitrogens is 1. The zero-order valence-corrected chi connectivity index (χ0v) is 13.7. The molecule has 0 aliphatic heterocycles. The number of nitrogens with zero attached hydrogens (tertiary/aromatic N) is 1. The molecule has 0 saturated heterocycles. The highest BCUT2D eigenvalue weighted by atomic mass is 16.2. The van der Waals surface area contributed by atoms with Crippen LogP contribution in [-0.2, 0) is 16.0 Å². The number of aryl methyl sites for hydroxylation is 1. The minimum atomic E-state index is -0.142. The van der Waals surface area contributed by atoms with E-state index in [1.54, 1.807) is 14.1 Å². The standard InChI is InChI=1S/C17H25N3O2/c1-18-16(21)11-20(3)17(22)12-19(2)15-10-6-8-13-7-4-5-9-14(13)15/h4-5,7,9,15H,6,8,10-12H2,1-3H3,(H,18,21)/p+1/t15-/m1/s1. The van der Waals surface area contributed by atoms with Crippen LogP contribution in [0.2, 0.25) is 0 Å². The molecule has 1 aliphatic carbocycles. The summed E-state index contributed by atoms with van der Waals surface area (Å²) in [4.78, 5) is 26.3. The number of carbonyl (C=O) groups is 2. The SMILES string of the molecule is CNC(=O)CN(C)C(=O)C[NH+](C)[C@@H]1CCCc2ccccc21. The Balaban J connectivity index is 1.99. The van der Waals surface area contributed by atoms with Crippen molar-refractivity contribution in [1.29, 1.82) is 0 Å². The predicted octanol–water partition coefficient (Wildman–Crippen LogP) is -0.217. The molecule has 22 heavy (non-hydrogen) atoms. The number of fused-ring (bicyclic) bond motifs is 1. The van der Waals surface area contributed by atoms with Crippen LogP contribution in [-0.4, -0.2) is 50.9 Å². The number of amides is 2. The van der Waals surface area contributed by atoms with E-state index in [-0.39, 0.29) is 18.4 Å². The Hall–Kier alpha value is -1.88. The Kier molecular flexibility index (Phi) is 5.55. The van der Waals surface area contributed by atoms with Gasteiger partial charge in [-0.05, 0) is 18.4 Å². The van der Waals surface area contributed by atoms with Crippen molar-refractivity contribution in [2.45, 2.75) is 25.3 Å². The fourth-order valence-corrected chi connectivity index (χ4v) is 3.15. The van der Waals surface area contributed by atoms with Gasteiger partial charge in [0.15, 0.2) is 6.54 Å². The Bertz CT molecular complexity index is 544. The molecule has 0 spiro atoms. The Morgan fingerprint density at radius 3 is 2.82 bits per heavy atom. The third kappa shape index (κ3) is 3.85. The molecule has 2 N–H and O–H groups in total. The topological polar surface area (TPSA) is 53.9 Å². The predicted molar refractivity (Wildman–Crippen MR) is 85.6 cm³/mol. The van der Waals surface area contributed by atoms with Crippen molar-refractivity contribution in [1.82, 2.24) is 10.2 Å². The Morgan fingerprint density at radius 2 is 2.09 bits per heavy atom.